The van der Waals surface area contributed by atoms with E-state index in [0.717, 1.165) is 11.1 Å². The fourth-order valence-electron chi connectivity index (χ4n) is 2.11. The molecule has 0 radical (unpaired) electrons. The van der Waals surface area contributed by atoms with Crippen molar-refractivity contribution in [1.82, 2.24) is 4.90 Å². The second-order valence-corrected chi connectivity index (χ2v) is 5.25. The Bertz CT molecular complexity index is 724. The minimum atomic E-state index is -0.0501. The molecule has 0 saturated heterocycles. The lowest BCUT2D eigenvalue weighted by molar-refractivity contribution is -0.125. The lowest BCUT2D eigenvalue weighted by Gasteiger charge is -2.15. The smallest absolute Gasteiger partial charge is 0.246 e. The van der Waals surface area contributed by atoms with Crippen LogP contribution in [0.3, 0.4) is 0 Å². The number of aryl methyl sites for hydroxylation is 1. The second-order valence-electron chi connectivity index (χ2n) is 5.25. The van der Waals surface area contributed by atoms with E-state index in [1.807, 2.05) is 49.4 Å². The third-order valence-corrected chi connectivity index (χ3v) is 3.34. The Hall–Kier alpha value is -2.86. The summed E-state index contributed by atoms with van der Waals surface area (Å²) in [7, 11) is 1.77. The summed E-state index contributed by atoms with van der Waals surface area (Å²) in [4.78, 5) is 13.8. The summed E-state index contributed by atoms with van der Waals surface area (Å²) < 4.78 is 0. The Labute approximate surface area is 131 Å². The number of amides is 1. The van der Waals surface area contributed by atoms with Gasteiger partial charge in [0.15, 0.2) is 0 Å². The Kier molecular flexibility index (Phi) is 5.11. The van der Waals surface area contributed by atoms with Crippen molar-refractivity contribution in [3.05, 3.63) is 76.9 Å². The van der Waals surface area contributed by atoms with Gasteiger partial charge in [0.2, 0.25) is 5.91 Å². The van der Waals surface area contributed by atoms with E-state index in [9.17, 15) is 4.79 Å². The molecule has 3 heteroatoms. The van der Waals surface area contributed by atoms with Crippen LogP contribution in [0.15, 0.2) is 54.6 Å². The van der Waals surface area contributed by atoms with Crippen LogP contribution in [0.1, 0.15) is 22.3 Å². The number of benzene rings is 2. The molecule has 0 spiro atoms. The monoisotopic (exact) mass is 290 g/mol. The van der Waals surface area contributed by atoms with Gasteiger partial charge in [-0.15, -0.1) is 0 Å². The molecule has 0 atom stereocenters. The minimum absolute atomic E-state index is 0.0501. The Morgan fingerprint density at radius 3 is 2.59 bits per heavy atom. The van der Waals surface area contributed by atoms with Crippen molar-refractivity contribution in [1.29, 1.82) is 5.26 Å². The number of carbonyl (C=O) groups excluding carboxylic acids is 1. The van der Waals surface area contributed by atoms with E-state index in [-0.39, 0.29) is 5.91 Å². The summed E-state index contributed by atoms with van der Waals surface area (Å²) in [6.45, 7) is 2.54. The van der Waals surface area contributed by atoms with Crippen molar-refractivity contribution in [3.8, 4) is 6.07 Å². The average molecular weight is 290 g/mol. The van der Waals surface area contributed by atoms with E-state index in [1.54, 1.807) is 30.2 Å². The van der Waals surface area contributed by atoms with Crippen molar-refractivity contribution in [3.63, 3.8) is 0 Å². The van der Waals surface area contributed by atoms with Crippen molar-refractivity contribution in [2.75, 3.05) is 7.05 Å². The van der Waals surface area contributed by atoms with Crippen molar-refractivity contribution < 1.29 is 4.79 Å². The molecule has 0 N–H and O–H groups in total. The molecule has 0 unspecified atom stereocenters. The molecule has 0 aromatic heterocycles. The maximum absolute atomic E-state index is 12.1. The molecule has 2 aromatic rings. The zero-order valence-corrected chi connectivity index (χ0v) is 12.8. The second kappa shape index (κ2) is 7.24. The van der Waals surface area contributed by atoms with Crippen LogP contribution < -0.4 is 0 Å². The van der Waals surface area contributed by atoms with Crippen LogP contribution >= 0.6 is 0 Å². The first-order valence-electron chi connectivity index (χ1n) is 7.07. The third-order valence-electron chi connectivity index (χ3n) is 3.34. The minimum Gasteiger partial charge on any atom is -0.338 e. The fraction of sp³-hybridized carbons (Fsp3) is 0.158. The number of nitriles is 1. The molecule has 0 bridgehead atoms. The topological polar surface area (TPSA) is 44.1 Å². The highest BCUT2D eigenvalue weighted by molar-refractivity contribution is 5.91. The van der Waals surface area contributed by atoms with Crippen molar-refractivity contribution in [2.45, 2.75) is 13.5 Å². The highest BCUT2D eigenvalue weighted by atomic mass is 16.2. The van der Waals surface area contributed by atoms with E-state index in [0.29, 0.717) is 12.1 Å². The van der Waals surface area contributed by atoms with E-state index >= 15 is 0 Å². The normalized spacial score (nSPS) is 10.4. The zero-order valence-electron chi connectivity index (χ0n) is 12.8. The molecular formula is C19H18N2O. The van der Waals surface area contributed by atoms with Gasteiger partial charge in [-0.2, -0.15) is 5.26 Å². The van der Waals surface area contributed by atoms with Crippen LogP contribution in [-0.2, 0) is 11.3 Å². The van der Waals surface area contributed by atoms with Gasteiger partial charge >= 0.3 is 0 Å². The van der Waals surface area contributed by atoms with E-state index in [4.69, 9.17) is 5.26 Å². The predicted octanol–water partition coefficient (Wildman–Crippen LogP) is 3.54. The van der Waals surface area contributed by atoms with E-state index in [2.05, 4.69) is 6.07 Å². The van der Waals surface area contributed by atoms with Gasteiger partial charge in [0.05, 0.1) is 11.6 Å². The van der Waals surface area contributed by atoms with E-state index < -0.39 is 0 Å². The molecule has 0 fully saturated rings. The van der Waals surface area contributed by atoms with Crippen molar-refractivity contribution >= 4 is 12.0 Å². The van der Waals surface area contributed by atoms with Gasteiger partial charge < -0.3 is 4.90 Å². The zero-order chi connectivity index (χ0) is 15.9. The number of hydrogen-bond acceptors (Lipinski definition) is 2. The Morgan fingerprint density at radius 2 is 1.95 bits per heavy atom. The van der Waals surface area contributed by atoms with Crippen LogP contribution in [0, 0.1) is 18.3 Å². The van der Waals surface area contributed by atoms with Crippen LogP contribution in [0.4, 0.5) is 0 Å². The molecule has 0 aliphatic rings. The summed E-state index contributed by atoms with van der Waals surface area (Å²) in [5, 5.41) is 8.77. The van der Waals surface area contributed by atoms with Crippen molar-refractivity contribution in [2.24, 2.45) is 0 Å². The summed E-state index contributed by atoms with van der Waals surface area (Å²) in [5.74, 6) is -0.0501. The molecule has 22 heavy (non-hydrogen) atoms. The molecule has 0 heterocycles. The molecule has 0 aliphatic heterocycles. The van der Waals surface area contributed by atoms with Gasteiger partial charge in [-0.05, 0) is 36.3 Å². The Morgan fingerprint density at radius 1 is 1.23 bits per heavy atom. The summed E-state index contributed by atoms with van der Waals surface area (Å²) >= 11 is 0. The summed E-state index contributed by atoms with van der Waals surface area (Å²) in [5.41, 5.74) is 3.80. The average Bonchev–Trinajstić information content (AvgIpc) is 2.53. The standard InChI is InChI=1S/C19H18N2O/c1-15-4-3-5-16(12-15)10-11-19(22)21(2)14-18-8-6-17(13-20)7-9-18/h3-12H,14H2,1-2H3/b11-10+. The lowest BCUT2D eigenvalue weighted by Crippen LogP contribution is -2.24. The number of carbonyl (C=O) groups is 1. The van der Waals surface area contributed by atoms with Crippen LogP contribution in [0.2, 0.25) is 0 Å². The largest absolute Gasteiger partial charge is 0.338 e. The predicted molar refractivity (Wildman–Crippen MR) is 87.8 cm³/mol. The molecule has 2 aromatic carbocycles. The highest BCUT2D eigenvalue weighted by Crippen LogP contribution is 2.08. The van der Waals surface area contributed by atoms with Crippen LogP contribution in [0.25, 0.3) is 6.08 Å². The Balaban J connectivity index is 1.98. The van der Waals surface area contributed by atoms with Gasteiger partial charge in [-0.25, -0.2) is 0 Å². The SMILES string of the molecule is Cc1cccc(/C=C/C(=O)N(C)Cc2ccc(C#N)cc2)c1. The lowest BCUT2D eigenvalue weighted by atomic mass is 10.1. The first kappa shape index (κ1) is 15.5. The highest BCUT2D eigenvalue weighted by Gasteiger charge is 2.05. The van der Waals surface area contributed by atoms with E-state index in [1.165, 1.54) is 5.56 Å². The molecular weight excluding hydrogens is 272 g/mol. The quantitative estimate of drug-likeness (QED) is 0.808. The molecule has 1 amide bonds. The van der Waals surface area contributed by atoms with Gasteiger partial charge in [0.25, 0.3) is 0 Å². The summed E-state index contributed by atoms with van der Waals surface area (Å²) in [6.07, 6.45) is 3.41. The number of rotatable bonds is 4. The molecule has 0 aliphatic carbocycles. The third kappa shape index (κ3) is 4.32. The number of likely N-dealkylation sites (N-methyl/N-ethyl adjacent to an activating group) is 1. The molecule has 110 valence electrons. The van der Waals surface area contributed by atoms with Gasteiger partial charge in [-0.3, -0.25) is 4.79 Å². The molecule has 2 rings (SSSR count). The van der Waals surface area contributed by atoms with Gasteiger partial charge in [-0.1, -0.05) is 42.0 Å². The van der Waals surface area contributed by atoms with Crippen LogP contribution in [-0.4, -0.2) is 17.9 Å². The first-order chi connectivity index (χ1) is 10.6. The fourth-order valence-corrected chi connectivity index (χ4v) is 2.11. The number of nitrogens with zero attached hydrogens (tertiary/aromatic N) is 2. The van der Waals surface area contributed by atoms with Gasteiger partial charge in [0, 0.05) is 19.7 Å². The van der Waals surface area contributed by atoms with Gasteiger partial charge in [0.1, 0.15) is 0 Å². The molecule has 3 nitrogen and oxygen atoms in total. The molecule has 0 saturated carbocycles. The first-order valence-corrected chi connectivity index (χ1v) is 7.07. The maximum atomic E-state index is 12.1. The maximum Gasteiger partial charge on any atom is 0.246 e. The van der Waals surface area contributed by atoms with Crippen LogP contribution in [0.5, 0.6) is 0 Å². The summed E-state index contributed by atoms with van der Waals surface area (Å²) in [6, 6.07) is 17.3. The number of hydrogen-bond donors (Lipinski definition) is 0.